The van der Waals surface area contributed by atoms with Crippen molar-refractivity contribution >= 4 is 29.0 Å². The highest BCUT2D eigenvalue weighted by Crippen LogP contribution is 2.26. The zero-order valence-electron chi connectivity index (χ0n) is 10.7. The molecule has 0 aliphatic carbocycles. The first kappa shape index (κ1) is 14.1. The van der Waals surface area contributed by atoms with Gasteiger partial charge in [-0.05, 0) is 30.3 Å². The molecule has 0 spiro atoms. The maximum absolute atomic E-state index is 12.3. The number of ketones is 1. The van der Waals surface area contributed by atoms with Gasteiger partial charge in [-0.25, -0.2) is 0 Å². The minimum atomic E-state index is -0.331. The number of carbonyl (C=O) groups excluding carboxylic acids is 2. The number of halogens is 1. The van der Waals surface area contributed by atoms with Gasteiger partial charge in [-0.3, -0.25) is 9.59 Å². The molecule has 2 aromatic carbocycles. The molecule has 0 saturated heterocycles. The van der Waals surface area contributed by atoms with E-state index in [4.69, 9.17) is 11.6 Å². The molecule has 102 valence electrons. The molecule has 0 bridgehead atoms. The fourth-order valence-corrected chi connectivity index (χ4v) is 1.99. The van der Waals surface area contributed by atoms with Gasteiger partial charge < -0.3 is 10.4 Å². The lowest BCUT2D eigenvalue weighted by Crippen LogP contribution is -2.08. The molecule has 5 heteroatoms. The van der Waals surface area contributed by atoms with Gasteiger partial charge in [0.05, 0.1) is 10.7 Å². The molecule has 2 rings (SSSR count). The number of aromatic hydroxyl groups is 1. The van der Waals surface area contributed by atoms with Crippen molar-refractivity contribution in [2.75, 3.05) is 5.32 Å². The summed E-state index contributed by atoms with van der Waals surface area (Å²) >= 11 is 5.98. The van der Waals surface area contributed by atoms with Crippen LogP contribution in [-0.2, 0) is 4.79 Å². The van der Waals surface area contributed by atoms with E-state index in [1.165, 1.54) is 25.1 Å². The van der Waals surface area contributed by atoms with Gasteiger partial charge >= 0.3 is 0 Å². The first-order chi connectivity index (χ1) is 9.49. The fraction of sp³-hybridized carbons (Fsp3) is 0.0667. The first-order valence-electron chi connectivity index (χ1n) is 5.89. The van der Waals surface area contributed by atoms with Gasteiger partial charge in [0.25, 0.3) is 0 Å². The Morgan fingerprint density at radius 3 is 2.50 bits per heavy atom. The van der Waals surface area contributed by atoms with Crippen molar-refractivity contribution in [2.45, 2.75) is 6.92 Å². The minimum absolute atomic E-state index is 0.101. The van der Waals surface area contributed by atoms with Crippen molar-refractivity contribution < 1.29 is 14.7 Å². The van der Waals surface area contributed by atoms with Gasteiger partial charge in [-0.1, -0.05) is 23.7 Å². The molecule has 4 nitrogen and oxygen atoms in total. The van der Waals surface area contributed by atoms with Gasteiger partial charge in [0, 0.05) is 18.1 Å². The van der Waals surface area contributed by atoms with Crippen LogP contribution in [0.25, 0.3) is 0 Å². The average Bonchev–Trinajstić information content (AvgIpc) is 2.40. The highest BCUT2D eigenvalue weighted by molar-refractivity contribution is 6.35. The summed E-state index contributed by atoms with van der Waals surface area (Å²) in [5, 5.41) is 12.5. The quantitative estimate of drug-likeness (QED) is 0.673. The number of anilines is 1. The van der Waals surface area contributed by atoms with Crippen LogP contribution in [0.15, 0.2) is 42.5 Å². The molecule has 20 heavy (non-hydrogen) atoms. The van der Waals surface area contributed by atoms with E-state index in [2.05, 4.69) is 5.32 Å². The van der Waals surface area contributed by atoms with Gasteiger partial charge in [0.2, 0.25) is 5.91 Å². The number of amides is 1. The Kier molecular flexibility index (Phi) is 4.05. The monoisotopic (exact) mass is 289 g/mol. The normalized spacial score (nSPS) is 10.1. The van der Waals surface area contributed by atoms with Gasteiger partial charge in [-0.2, -0.15) is 0 Å². The SMILES string of the molecule is CC(=O)Nc1cc(C(=O)c2ccccc2Cl)ccc1O. The van der Waals surface area contributed by atoms with E-state index in [9.17, 15) is 14.7 Å². The molecule has 2 N–H and O–H groups in total. The minimum Gasteiger partial charge on any atom is -0.506 e. The van der Waals surface area contributed by atoms with Crippen molar-refractivity contribution in [3.63, 3.8) is 0 Å². The number of phenolic OH excluding ortho intramolecular Hbond substituents is 1. The summed E-state index contributed by atoms with van der Waals surface area (Å²) in [5.41, 5.74) is 0.892. The van der Waals surface area contributed by atoms with Gasteiger partial charge in [0.15, 0.2) is 5.78 Å². The zero-order chi connectivity index (χ0) is 14.7. The molecule has 2 aromatic rings. The molecule has 0 radical (unpaired) electrons. The van der Waals surface area contributed by atoms with Crippen LogP contribution in [0, 0.1) is 0 Å². The van der Waals surface area contributed by atoms with Crippen LogP contribution in [0.2, 0.25) is 5.02 Å². The molecular formula is C15H12ClNO3. The van der Waals surface area contributed by atoms with E-state index in [1.807, 2.05) is 0 Å². The molecule has 1 amide bonds. The number of hydrogen-bond donors (Lipinski definition) is 2. The maximum atomic E-state index is 12.3. The predicted molar refractivity (Wildman–Crippen MR) is 77.3 cm³/mol. The highest BCUT2D eigenvalue weighted by Gasteiger charge is 2.14. The molecule has 0 atom stereocenters. The van der Waals surface area contributed by atoms with E-state index in [-0.39, 0.29) is 23.1 Å². The van der Waals surface area contributed by atoms with Crippen LogP contribution in [0.3, 0.4) is 0 Å². The lowest BCUT2D eigenvalue weighted by atomic mass is 10.0. The van der Waals surface area contributed by atoms with Crippen LogP contribution in [-0.4, -0.2) is 16.8 Å². The van der Waals surface area contributed by atoms with Crippen LogP contribution < -0.4 is 5.32 Å². The number of nitrogens with one attached hydrogen (secondary N) is 1. The van der Waals surface area contributed by atoms with Crippen molar-refractivity contribution in [2.24, 2.45) is 0 Å². The van der Waals surface area contributed by atoms with Crippen molar-refractivity contribution in [1.29, 1.82) is 0 Å². The Hall–Kier alpha value is -2.33. The van der Waals surface area contributed by atoms with Crippen LogP contribution in [0.5, 0.6) is 5.75 Å². The second kappa shape index (κ2) is 5.75. The zero-order valence-corrected chi connectivity index (χ0v) is 11.4. The van der Waals surface area contributed by atoms with E-state index < -0.39 is 0 Å². The van der Waals surface area contributed by atoms with Crippen molar-refractivity contribution in [3.05, 3.63) is 58.6 Å². The highest BCUT2D eigenvalue weighted by atomic mass is 35.5. The molecule has 0 fully saturated rings. The maximum Gasteiger partial charge on any atom is 0.221 e. The summed E-state index contributed by atoms with van der Waals surface area (Å²) in [5.74, 6) is -0.708. The predicted octanol–water partition coefficient (Wildman–Crippen LogP) is 3.24. The topological polar surface area (TPSA) is 66.4 Å². The summed E-state index contributed by atoms with van der Waals surface area (Å²) in [6, 6.07) is 11.0. The van der Waals surface area contributed by atoms with Gasteiger partial charge in [-0.15, -0.1) is 0 Å². The molecule has 0 aromatic heterocycles. The lowest BCUT2D eigenvalue weighted by Gasteiger charge is -2.08. The number of carbonyl (C=O) groups is 2. The molecular weight excluding hydrogens is 278 g/mol. The van der Waals surface area contributed by atoms with Crippen molar-refractivity contribution in [3.8, 4) is 5.75 Å². The largest absolute Gasteiger partial charge is 0.506 e. The van der Waals surface area contributed by atoms with E-state index in [1.54, 1.807) is 24.3 Å². The molecule has 0 aliphatic rings. The summed E-state index contributed by atoms with van der Waals surface area (Å²) in [4.78, 5) is 23.4. The second-order valence-electron chi connectivity index (χ2n) is 4.22. The van der Waals surface area contributed by atoms with Crippen LogP contribution in [0.1, 0.15) is 22.8 Å². The average molecular weight is 290 g/mol. The number of hydrogen-bond acceptors (Lipinski definition) is 3. The molecule has 0 aliphatic heterocycles. The Bertz CT molecular complexity index is 683. The number of phenols is 1. The number of rotatable bonds is 3. The Morgan fingerprint density at radius 2 is 1.85 bits per heavy atom. The Labute approximate surface area is 121 Å². The third-order valence-electron chi connectivity index (χ3n) is 2.69. The molecule has 0 heterocycles. The standard InChI is InChI=1S/C15H12ClNO3/c1-9(18)17-13-8-10(6-7-14(13)19)15(20)11-4-2-3-5-12(11)16/h2-8,19H,1H3,(H,17,18). The van der Waals surface area contributed by atoms with E-state index in [0.717, 1.165) is 0 Å². The Balaban J connectivity index is 2.41. The summed E-state index contributed by atoms with van der Waals surface area (Å²) < 4.78 is 0. The first-order valence-corrected chi connectivity index (χ1v) is 6.26. The summed E-state index contributed by atoms with van der Waals surface area (Å²) in [7, 11) is 0. The van der Waals surface area contributed by atoms with Crippen LogP contribution in [0.4, 0.5) is 5.69 Å². The smallest absolute Gasteiger partial charge is 0.221 e. The fourth-order valence-electron chi connectivity index (χ4n) is 1.77. The third kappa shape index (κ3) is 2.97. The second-order valence-corrected chi connectivity index (χ2v) is 4.63. The van der Waals surface area contributed by atoms with E-state index >= 15 is 0 Å². The molecule has 0 unspecified atom stereocenters. The summed E-state index contributed by atoms with van der Waals surface area (Å²) in [6.45, 7) is 1.32. The number of benzene rings is 2. The van der Waals surface area contributed by atoms with Crippen molar-refractivity contribution in [1.82, 2.24) is 0 Å². The van der Waals surface area contributed by atoms with Gasteiger partial charge in [0.1, 0.15) is 5.75 Å². The summed E-state index contributed by atoms with van der Waals surface area (Å²) in [6.07, 6.45) is 0. The molecule has 0 saturated carbocycles. The lowest BCUT2D eigenvalue weighted by molar-refractivity contribution is -0.114. The Morgan fingerprint density at radius 1 is 1.15 bits per heavy atom. The van der Waals surface area contributed by atoms with Crippen LogP contribution >= 0.6 is 11.6 Å². The van der Waals surface area contributed by atoms with E-state index in [0.29, 0.717) is 16.1 Å². The third-order valence-corrected chi connectivity index (χ3v) is 3.02.